The van der Waals surface area contributed by atoms with E-state index in [1.165, 1.54) is 25.7 Å². The summed E-state index contributed by atoms with van der Waals surface area (Å²) in [5, 5.41) is 2.83. The molecule has 0 radical (unpaired) electrons. The van der Waals surface area contributed by atoms with Gasteiger partial charge in [0.05, 0.1) is 0 Å². The van der Waals surface area contributed by atoms with Gasteiger partial charge in [-0.25, -0.2) is 4.79 Å². The minimum absolute atomic E-state index is 0.214. The van der Waals surface area contributed by atoms with Crippen LogP contribution in [0.2, 0.25) is 0 Å². The number of nitrogens with zero attached hydrogens (tertiary/aromatic N) is 1. The fraction of sp³-hybridized carbons (Fsp3) is 0.929. The summed E-state index contributed by atoms with van der Waals surface area (Å²) in [6.07, 6.45) is 4.69. The van der Waals surface area contributed by atoms with Crippen LogP contribution in [0.25, 0.3) is 0 Å². The number of nitrogens with two attached hydrogens (primary N) is 1. The first kappa shape index (κ1) is 16.2. The molecule has 112 valence electrons. The fourth-order valence-corrected chi connectivity index (χ4v) is 2.34. The largest absolute Gasteiger partial charge is 0.444 e. The molecule has 3 N–H and O–H groups in total. The highest BCUT2D eigenvalue weighted by atomic mass is 16.6. The summed E-state index contributed by atoms with van der Waals surface area (Å²) >= 11 is 0. The molecule has 1 aliphatic heterocycles. The van der Waals surface area contributed by atoms with Crippen molar-refractivity contribution in [1.82, 2.24) is 10.2 Å². The van der Waals surface area contributed by atoms with E-state index in [0.717, 1.165) is 13.1 Å². The van der Waals surface area contributed by atoms with Crippen molar-refractivity contribution in [3.8, 4) is 0 Å². The van der Waals surface area contributed by atoms with Crippen LogP contribution >= 0.6 is 0 Å². The molecule has 0 aliphatic carbocycles. The van der Waals surface area contributed by atoms with Gasteiger partial charge in [-0.1, -0.05) is 12.8 Å². The Morgan fingerprint density at radius 1 is 1.26 bits per heavy atom. The fourth-order valence-electron chi connectivity index (χ4n) is 2.34. The first-order chi connectivity index (χ1) is 8.92. The smallest absolute Gasteiger partial charge is 0.407 e. The molecular weight excluding hydrogens is 242 g/mol. The van der Waals surface area contributed by atoms with Crippen LogP contribution in [0.1, 0.15) is 46.5 Å². The van der Waals surface area contributed by atoms with E-state index in [4.69, 9.17) is 10.5 Å². The highest BCUT2D eigenvalue weighted by molar-refractivity contribution is 5.67. The molecule has 1 heterocycles. The average Bonchev–Trinajstić information content (AvgIpc) is 2.56. The van der Waals surface area contributed by atoms with Gasteiger partial charge < -0.3 is 15.8 Å². The number of rotatable bonds is 4. The monoisotopic (exact) mass is 271 g/mol. The highest BCUT2D eigenvalue weighted by Gasteiger charge is 2.21. The molecule has 1 atom stereocenters. The Labute approximate surface area is 116 Å². The molecule has 1 rings (SSSR count). The zero-order valence-electron chi connectivity index (χ0n) is 12.6. The standard InChI is InChI=1S/C14H29N3O2/c1-14(2,3)19-13(18)16-11-12(10-15)17-8-6-4-5-7-9-17/h12H,4-11,15H2,1-3H3,(H,16,18). The minimum atomic E-state index is -0.453. The lowest BCUT2D eigenvalue weighted by Crippen LogP contribution is -2.49. The molecule has 0 aromatic heterocycles. The predicted molar refractivity (Wildman–Crippen MR) is 77.1 cm³/mol. The topological polar surface area (TPSA) is 67.6 Å². The van der Waals surface area contributed by atoms with Crippen LogP contribution in [0.5, 0.6) is 0 Å². The lowest BCUT2D eigenvalue weighted by Gasteiger charge is -2.30. The van der Waals surface area contributed by atoms with E-state index in [0.29, 0.717) is 13.1 Å². The summed E-state index contributed by atoms with van der Waals surface area (Å²) < 4.78 is 5.24. The Bertz CT molecular complexity index is 268. The van der Waals surface area contributed by atoms with Gasteiger partial charge in [-0.3, -0.25) is 4.90 Å². The molecule has 0 saturated carbocycles. The number of alkyl carbamates (subject to hydrolysis) is 1. The van der Waals surface area contributed by atoms with Gasteiger partial charge in [0.2, 0.25) is 0 Å². The number of hydrogen-bond acceptors (Lipinski definition) is 4. The normalized spacial score (nSPS) is 19.6. The number of ether oxygens (including phenoxy) is 1. The quantitative estimate of drug-likeness (QED) is 0.817. The van der Waals surface area contributed by atoms with E-state index in [1.807, 2.05) is 20.8 Å². The van der Waals surface area contributed by atoms with Crippen molar-refractivity contribution in [2.75, 3.05) is 26.2 Å². The van der Waals surface area contributed by atoms with E-state index < -0.39 is 5.60 Å². The molecule has 1 aliphatic rings. The Balaban J connectivity index is 2.37. The van der Waals surface area contributed by atoms with E-state index in [1.54, 1.807) is 0 Å². The predicted octanol–water partition coefficient (Wildman–Crippen LogP) is 1.71. The van der Waals surface area contributed by atoms with Crippen LogP contribution in [0.4, 0.5) is 4.79 Å². The van der Waals surface area contributed by atoms with Crippen LogP contribution in [0, 0.1) is 0 Å². The summed E-state index contributed by atoms with van der Waals surface area (Å²) in [5.41, 5.74) is 5.38. The van der Waals surface area contributed by atoms with Crippen molar-refractivity contribution in [3.63, 3.8) is 0 Å². The Morgan fingerprint density at radius 2 is 1.84 bits per heavy atom. The van der Waals surface area contributed by atoms with Gasteiger partial charge in [0.1, 0.15) is 5.60 Å². The van der Waals surface area contributed by atoms with Crippen LogP contribution in [0.15, 0.2) is 0 Å². The number of nitrogens with one attached hydrogen (secondary N) is 1. The summed E-state index contributed by atoms with van der Waals surface area (Å²) in [6, 6.07) is 0.214. The van der Waals surface area contributed by atoms with Crippen molar-refractivity contribution in [3.05, 3.63) is 0 Å². The van der Waals surface area contributed by atoms with Crippen LogP contribution in [0.3, 0.4) is 0 Å². The molecule has 1 unspecified atom stereocenters. The average molecular weight is 271 g/mol. The molecule has 0 spiro atoms. The molecular formula is C14H29N3O2. The van der Waals surface area contributed by atoms with Gasteiger partial charge in [0.15, 0.2) is 0 Å². The molecule has 0 aromatic carbocycles. The molecule has 5 heteroatoms. The van der Waals surface area contributed by atoms with Crippen molar-refractivity contribution < 1.29 is 9.53 Å². The minimum Gasteiger partial charge on any atom is -0.444 e. The van der Waals surface area contributed by atoms with Crippen molar-refractivity contribution in [1.29, 1.82) is 0 Å². The number of amides is 1. The third kappa shape index (κ3) is 6.78. The number of carbonyl (C=O) groups excluding carboxylic acids is 1. The Hall–Kier alpha value is -0.810. The first-order valence-corrected chi connectivity index (χ1v) is 7.33. The van der Waals surface area contributed by atoms with E-state index in [9.17, 15) is 4.79 Å². The lowest BCUT2D eigenvalue weighted by atomic mass is 10.2. The number of carbonyl (C=O) groups is 1. The molecule has 1 amide bonds. The molecule has 1 saturated heterocycles. The highest BCUT2D eigenvalue weighted by Crippen LogP contribution is 2.12. The second kappa shape index (κ2) is 7.70. The van der Waals surface area contributed by atoms with Gasteiger partial charge in [-0.05, 0) is 46.7 Å². The third-order valence-electron chi connectivity index (χ3n) is 3.31. The summed E-state index contributed by atoms with van der Waals surface area (Å²) in [7, 11) is 0. The van der Waals surface area contributed by atoms with Gasteiger partial charge in [0, 0.05) is 19.1 Å². The van der Waals surface area contributed by atoms with Crippen molar-refractivity contribution in [2.45, 2.75) is 58.1 Å². The van der Waals surface area contributed by atoms with Crippen LogP contribution < -0.4 is 11.1 Å². The SMILES string of the molecule is CC(C)(C)OC(=O)NCC(CN)N1CCCCCC1. The van der Waals surface area contributed by atoms with E-state index >= 15 is 0 Å². The molecule has 0 aromatic rings. The van der Waals surface area contributed by atoms with Gasteiger partial charge in [-0.15, -0.1) is 0 Å². The maximum atomic E-state index is 11.6. The zero-order chi connectivity index (χ0) is 14.3. The van der Waals surface area contributed by atoms with Gasteiger partial charge in [-0.2, -0.15) is 0 Å². The second-order valence-corrected chi connectivity index (χ2v) is 6.22. The molecule has 5 nitrogen and oxygen atoms in total. The van der Waals surface area contributed by atoms with Gasteiger partial charge in [0.25, 0.3) is 0 Å². The number of hydrogen-bond donors (Lipinski definition) is 2. The van der Waals surface area contributed by atoms with Crippen molar-refractivity contribution in [2.24, 2.45) is 5.73 Å². The maximum absolute atomic E-state index is 11.6. The van der Waals surface area contributed by atoms with Crippen LogP contribution in [-0.2, 0) is 4.74 Å². The lowest BCUT2D eigenvalue weighted by molar-refractivity contribution is 0.0508. The van der Waals surface area contributed by atoms with E-state index in [-0.39, 0.29) is 12.1 Å². The van der Waals surface area contributed by atoms with Gasteiger partial charge >= 0.3 is 6.09 Å². The molecule has 19 heavy (non-hydrogen) atoms. The summed E-state index contributed by atoms with van der Waals surface area (Å²) in [5.74, 6) is 0. The third-order valence-corrected chi connectivity index (χ3v) is 3.31. The summed E-state index contributed by atoms with van der Waals surface area (Å²) in [6.45, 7) is 8.88. The Kier molecular flexibility index (Phi) is 6.58. The molecule has 1 fully saturated rings. The first-order valence-electron chi connectivity index (χ1n) is 7.33. The van der Waals surface area contributed by atoms with E-state index in [2.05, 4.69) is 10.2 Å². The molecule has 0 bridgehead atoms. The van der Waals surface area contributed by atoms with Crippen molar-refractivity contribution >= 4 is 6.09 Å². The van der Waals surface area contributed by atoms with Crippen LogP contribution in [-0.4, -0.2) is 48.8 Å². The Morgan fingerprint density at radius 3 is 2.32 bits per heavy atom. The second-order valence-electron chi connectivity index (χ2n) is 6.22. The summed E-state index contributed by atoms with van der Waals surface area (Å²) in [4.78, 5) is 14.0. The zero-order valence-corrected chi connectivity index (χ0v) is 12.6. The maximum Gasteiger partial charge on any atom is 0.407 e. The number of likely N-dealkylation sites (tertiary alicyclic amines) is 1.